The number of ether oxygens (including phenoxy) is 1. The summed E-state index contributed by atoms with van der Waals surface area (Å²) in [6.07, 6.45) is 18.5. The molecule has 3 aromatic rings. The summed E-state index contributed by atoms with van der Waals surface area (Å²) in [5.41, 5.74) is 12.9. The number of allylic oxidation sites excluding steroid dienone is 12. The molecule has 5 heteroatoms. The van der Waals surface area contributed by atoms with Crippen LogP contribution in [0.3, 0.4) is 0 Å². The lowest BCUT2D eigenvalue weighted by Crippen LogP contribution is -2.05. The molecule has 3 aromatic carbocycles. The van der Waals surface area contributed by atoms with Crippen LogP contribution in [-0.2, 0) is 0 Å². The Balaban J connectivity index is 1.38. The molecule has 44 heavy (non-hydrogen) atoms. The van der Waals surface area contributed by atoms with E-state index in [1.54, 1.807) is 7.11 Å². The molecule has 0 atom stereocenters. The van der Waals surface area contributed by atoms with Gasteiger partial charge in [0.25, 0.3) is 0 Å². The second kappa shape index (κ2) is 10.7. The van der Waals surface area contributed by atoms with Gasteiger partial charge in [0.1, 0.15) is 5.75 Å². The number of rotatable bonds is 4. The molecular formula is C39H26N4O. The minimum absolute atomic E-state index is 0.806. The van der Waals surface area contributed by atoms with Crippen LogP contribution in [0.25, 0.3) is 16.7 Å². The molecule has 5 heterocycles. The predicted molar refractivity (Wildman–Crippen MR) is 181 cm³/mol. The fourth-order valence-electron chi connectivity index (χ4n) is 5.83. The van der Waals surface area contributed by atoms with Crippen molar-refractivity contribution in [3.05, 3.63) is 179 Å². The maximum absolute atomic E-state index is 5.44. The summed E-state index contributed by atoms with van der Waals surface area (Å²) >= 11 is 0. The Bertz CT molecular complexity index is 2090. The van der Waals surface area contributed by atoms with Crippen molar-refractivity contribution in [2.24, 2.45) is 20.0 Å². The van der Waals surface area contributed by atoms with Crippen LogP contribution < -0.4 is 4.74 Å². The van der Waals surface area contributed by atoms with E-state index >= 15 is 0 Å². The zero-order chi connectivity index (χ0) is 29.5. The van der Waals surface area contributed by atoms with Gasteiger partial charge in [-0.05, 0) is 83.5 Å². The standard InChI is InChI=1S/C39H26N4O/c1-44-32-17-12-25(13-18-32)33-24-31-23-30-15-20-35(41-30)37(26-8-4-2-5-9-26)34-19-14-28(40-34)22-29-16-21-36(42-29)38(39(33)43-31)27-10-6-3-7-11-27/h2-24H,1H3. The van der Waals surface area contributed by atoms with Gasteiger partial charge in [0.05, 0.1) is 52.7 Å². The van der Waals surface area contributed by atoms with Gasteiger partial charge in [0.2, 0.25) is 0 Å². The molecular weight excluding hydrogens is 540 g/mol. The first-order valence-electron chi connectivity index (χ1n) is 14.5. The van der Waals surface area contributed by atoms with Crippen molar-refractivity contribution < 1.29 is 4.74 Å². The first-order chi connectivity index (χ1) is 21.7. The lowest BCUT2D eigenvalue weighted by Gasteiger charge is -2.14. The van der Waals surface area contributed by atoms with E-state index in [2.05, 4.69) is 60.7 Å². The van der Waals surface area contributed by atoms with E-state index in [1.165, 1.54) is 0 Å². The van der Waals surface area contributed by atoms with Crippen LogP contribution in [0.1, 0.15) is 16.7 Å². The van der Waals surface area contributed by atoms with Gasteiger partial charge in [0.15, 0.2) is 0 Å². The van der Waals surface area contributed by atoms with E-state index in [-0.39, 0.29) is 0 Å². The van der Waals surface area contributed by atoms with Crippen LogP contribution in [0.5, 0.6) is 5.75 Å². The summed E-state index contributed by atoms with van der Waals surface area (Å²) in [6, 6.07) is 28.7. The van der Waals surface area contributed by atoms with Crippen LogP contribution in [0.4, 0.5) is 0 Å². The molecule has 8 bridgehead atoms. The van der Waals surface area contributed by atoms with E-state index in [4.69, 9.17) is 24.7 Å². The van der Waals surface area contributed by atoms with Gasteiger partial charge in [-0.15, -0.1) is 0 Å². The molecule has 0 amide bonds. The molecule has 0 fully saturated rings. The summed E-state index contributed by atoms with van der Waals surface area (Å²) in [6.45, 7) is 0. The Morgan fingerprint density at radius 1 is 0.477 bits per heavy atom. The van der Waals surface area contributed by atoms with E-state index < -0.39 is 0 Å². The minimum Gasteiger partial charge on any atom is -0.497 e. The molecule has 5 aliphatic heterocycles. The maximum Gasteiger partial charge on any atom is 0.118 e. The van der Waals surface area contributed by atoms with Crippen molar-refractivity contribution in [2.75, 3.05) is 7.11 Å². The second-order valence-corrected chi connectivity index (χ2v) is 10.7. The lowest BCUT2D eigenvalue weighted by molar-refractivity contribution is 0.415. The molecule has 5 nitrogen and oxygen atoms in total. The van der Waals surface area contributed by atoms with Crippen LogP contribution in [0, 0.1) is 0 Å². The summed E-state index contributed by atoms with van der Waals surface area (Å²) in [5, 5.41) is 0. The van der Waals surface area contributed by atoms with Crippen LogP contribution >= 0.6 is 0 Å². The molecule has 0 radical (unpaired) electrons. The number of hydrogen-bond donors (Lipinski definition) is 0. The molecule has 0 saturated carbocycles. The fourth-order valence-corrected chi connectivity index (χ4v) is 5.83. The molecule has 208 valence electrons. The van der Waals surface area contributed by atoms with E-state index in [1.807, 2.05) is 78.9 Å². The average Bonchev–Trinajstić information content (AvgIpc) is 3.89. The highest BCUT2D eigenvalue weighted by Crippen LogP contribution is 2.37. The van der Waals surface area contributed by atoms with Gasteiger partial charge in [0, 0.05) is 16.7 Å². The molecule has 5 aliphatic rings. The number of nitrogens with zero attached hydrogens (tertiary/aromatic N) is 4. The minimum atomic E-state index is 0.806. The van der Waals surface area contributed by atoms with Gasteiger partial charge in [-0.25, -0.2) is 20.0 Å². The topological polar surface area (TPSA) is 58.7 Å². The first-order valence-corrected chi connectivity index (χ1v) is 14.5. The van der Waals surface area contributed by atoms with Gasteiger partial charge in [-0.3, -0.25) is 0 Å². The first kappa shape index (κ1) is 25.7. The Kier molecular flexibility index (Phi) is 6.27. The smallest absolute Gasteiger partial charge is 0.118 e. The average molecular weight is 567 g/mol. The molecule has 0 aliphatic carbocycles. The molecule has 0 N–H and O–H groups in total. The molecule has 8 rings (SSSR count). The van der Waals surface area contributed by atoms with Crippen LogP contribution in [0.2, 0.25) is 0 Å². The third-order valence-electron chi connectivity index (χ3n) is 7.90. The third kappa shape index (κ3) is 4.71. The number of methoxy groups -OCH3 is 1. The van der Waals surface area contributed by atoms with Crippen molar-refractivity contribution in [3.63, 3.8) is 0 Å². The second-order valence-electron chi connectivity index (χ2n) is 10.7. The van der Waals surface area contributed by atoms with Gasteiger partial charge >= 0.3 is 0 Å². The van der Waals surface area contributed by atoms with Crippen LogP contribution in [0.15, 0.2) is 182 Å². The third-order valence-corrected chi connectivity index (χ3v) is 7.90. The molecule has 0 saturated heterocycles. The van der Waals surface area contributed by atoms with Crippen molar-refractivity contribution >= 4 is 39.6 Å². The molecule has 0 aromatic heterocycles. The predicted octanol–water partition coefficient (Wildman–Crippen LogP) is 8.17. The lowest BCUT2D eigenvalue weighted by atomic mass is 9.91. The van der Waals surface area contributed by atoms with Crippen molar-refractivity contribution in [2.45, 2.75) is 0 Å². The monoisotopic (exact) mass is 566 g/mol. The van der Waals surface area contributed by atoms with Crippen molar-refractivity contribution in [1.29, 1.82) is 0 Å². The van der Waals surface area contributed by atoms with Gasteiger partial charge in [-0.2, -0.15) is 0 Å². The van der Waals surface area contributed by atoms with Gasteiger partial charge in [-0.1, -0.05) is 72.8 Å². The maximum atomic E-state index is 5.44. The zero-order valence-electron chi connectivity index (χ0n) is 24.0. The molecule has 0 spiro atoms. The van der Waals surface area contributed by atoms with Gasteiger partial charge < -0.3 is 4.74 Å². The highest BCUT2D eigenvalue weighted by Gasteiger charge is 2.26. The number of aliphatic imine (C=N–C) groups is 4. The fraction of sp³-hybridized carbons (Fsp3) is 0.0256. The Labute approximate surface area is 255 Å². The Hall–Kier alpha value is -5.94. The normalized spacial score (nSPS) is 18.2. The number of hydrogen-bond acceptors (Lipinski definition) is 5. The quantitative estimate of drug-likeness (QED) is 0.314. The number of fused-ring (bicyclic) bond motifs is 4. The van der Waals surface area contributed by atoms with Crippen LogP contribution in [-0.4, -0.2) is 30.0 Å². The summed E-state index contributed by atoms with van der Waals surface area (Å²) in [7, 11) is 1.68. The van der Waals surface area contributed by atoms with Crippen molar-refractivity contribution in [3.8, 4) is 5.75 Å². The number of benzene rings is 3. The zero-order valence-corrected chi connectivity index (χ0v) is 24.0. The Morgan fingerprint density at radius 3 is 1.75 bits per heavy atom. The van der Waals surface area contributed by atoms with E-state index in [0.29, 0.717) is 0 Å². The highest BCUT2D eigenvalue weighted by molar-refractivity contribution is 6.47. The van der Waals surface area contributed by atoms with E-state index in [9.17, 15) is 0 Å². The summed E-state index contributed by atoms with van der Waals surface area (Å²) < 4.78 is 5.44. The molecule has 0 unspecified atom stereocenters. The summed E-state index contributed by atoms with van der Waals surface area (Å²) in [4.78, 5) is 20.4. The highest BCUT2D eigenvalue weighted by atomic mass is 16.5. The van der Waals surface area contributed by atoms with E-state index in [0.717, 1.165) is 84.8 Å². The SMILES string of the molecule is COc1ccc(C2=CC3=CC4=NC(=C(c5ccccc5)C5=NC(=CC6=NC(=C(c7ccccc7)C2=N3)C=C6)C=C5)C=C4)cc1. The largest absolute Gasteiger partial charge is 0.497 e. The van der Waals surface area contributed by atoms with Crippen molar-refractivity contribution in [1.82, 2.24) is 0 Å². The summed E-state index contributed by atoms with van der Waals surface area (Å²) in [5.74, 6) is 0.806. The Morgan fingerprint density at radius 2 is 1.09 bits per heavy atom.